The van der Waals surface area contributed by atoms with E-state index in [9.17, 15) is 0 Å². The van der Waals surface area contributed by atoms with Gasteiger partial charge in [-0.2, -0.15) is 0 Å². The van der Waals surface area contributed by atoms with Crippen molar-refractivity contribution in [2.45, 2.75) is 19.4 Å². The lowest BCUT2D eigenvalue weighted by Gasteiger charge is -2.15. The van der Waals surface area contributed by atoms with Gasteiger partial charge in [0.15, 0.2) is 0 Å². The van der Waals surface area contributed by atoms with E-state index in [0.717, 1.165) is 23.1 Å². The number of aromatic nitrogens is 1. The molecule has 1 unspecified atom stereocenters. The molecule has 17 heavy (non-hydrogen) atoms. The number of nitrogens with one attached hydrogen (secondary N) is 1. The van der Waals surface area contributed by atoms with E-state index >= 15 is 0 Å². The van der Waals surface area contributed by atoms with Crippen LogP contribution < -0.4 is 5.32 Å². The number of hydrogen-bond donors (Lipinski definition) is 1. The molecule has 2 aromatic rings. The van der Waals surface area contributed by atoms with Gasteiger partial charge in [-0.15, -0.1) is 11.3 Å². The number of halogens is 1. The minimum absolute atomic E-state index is 0.312. The van der Waals surface area contributed by atoms with Crippen molar-refractivity contribution >= 4 is 27.3 Å². The lowest BCUT2D eigenvalue weighted by atomic mass is 10.0. The molecule has 0 aliphatic rings. The van der Waals surface area contributed by atoms with Crippen molar-refractivity contribution in [3.05, 3.63) is 50.9 Å². The van der Waals surface area contributed by atoms with Crippen LogP contribution in [0.2, 0.25) is 0 Å². The summed E-state index contributed by atoms with van der Waals surface area (Å²) in [6.07, 6.45) is 0.977. The maximum Gasteiger partial charge on any atom is 0.0795 e. The molecule has 0 aliphatic carbocycles. The Morgan fingerprint density at radius 2 is 2.12 bits per heavy atom. The van der Waals surface area contributed by atoms with Crippen molar-refractivity contribution < 1.29 is 0 Å². The Morgan fingerprint density at radius 3 is 2.71 bits per heavy atom. The van der Waals surface area contributed by atoms with E-state index in [1.807, 2.05) is 5.51 Å². The fraction of sp³-hybridized carbons (Fsp3) is 0.308. The second-order valence-electron chi connectivity index (χ2n) is 3.85. The zero-order chi connectivity index (χ0) is 12.1. The summed E-state index contributed by atoms with van der Waals surface area (Å²) in [6, 6.07) is 8.79. The van der Waals surface area contributed by atoms with Crippen LogP contribution in [0.5, 0.6) is 0 Å². The minimum atomic E-state index is 0.312. The van der Waals surface area contributed by atoms with E-state index in [4.69, 9.17) is 0 Å². The second-order valence-corrected chi connectivity index (χ2v) is 5.49. The Balaban J connectivity index is 2.10. The molecule has 4 heteroatoms. The molecule has 1 aromatic carbocycles. The molecule has 1 aromatic heterocycles. The Labute approximate surface area is 114 Å². The topological polar surface area (TPSA) is 24.9 Å². The van der Waals surface area contributed by atoms with Gasteiger partial charge >= 0.3 is 0 Å². The summed E-state index contributed by atoms with van der Waals surface area (Å²) < 4.78 is 1.12. The number of thiazole rings is 1. The van der Waals surface area contributed by atoms with Crippen molar-refractivity contribution in [3.63, 3.8) is 0 Å². The van der Waals surface area contributed by atoms with E-state index in [2.05, 4.69) is 62.8 Å². The molecule has 0 saturated heterocycles. The summed E-state index contributed by atoms with van der Waals surface area (Å²) >= 11 is 5.10. The molecule has 1 atom stereocenters. The Bertz CT molecular complexity index is 439. The minimum Gasteiger partial charge on any atom is -0.309 e. The Hall–Kier alpha value is -0.710. The molecule has 90 valence electrons. The van der Waals surface area contributed by atoms with Gasteiger partial charge in [-0.25, -0.2) is 4.98 Å². The highest BCUT2D eigenvalue weighted by molar-refractivity contribution is 9.10. The first-order valence-corrected chi connectivity index (χ1v) is 7.39. The molecular weight excluding hydrogens is 296 g/mol. The standard InChI is InChI=1S/C13H15BrN2S/c1-2-15-12(13-8-17-9-16-13)7-10-3-5-11(14)6-4-10/h3-6,8-9,12,15H,2,7H2,1H3. The fourth-order valence-electron chi connectivity index (χ4n) is 1.78. The SMILES string of the molecule is CCNC(Cc1ccc(Br)cc1)c1cscn1. The quantitative estimate of drug-likeness (QED) is 0.908. The lowest BCUT2D eigenvalue weighted by molar-refractivity contribution is 0.539. The van der Waals surface area contributed by atoms with Crippen molar-refractivity contribution in [3.8, 4) is 0 Å². The van der Waals surface area contributed by atoms with Crippen molar-refractivity contribution in [1.29, 1.82) is 0 Å². The smallest absolute Gasteiger partial charge is 0.0795 e. The van der Waals surface area contributed by atoms with Gasteiger partial charge in [0.2, 0.25) is 0 Å². The first-order valence-electron chi connectivity index (χ1n) is 5.65. The van der Waals surface area contributed by atoms with Gasteiger partial charge in [0.1, 0.15) is 0 Å². The number of likely N-dealkylation sites (N-methyl/N-ethyl adjacent to an activating group) is 1. The normalized spacial score (nSPS) is 12.6. The lowest BCUT2D eigenvalue weighted by Crippen LogP contribution is -2.23. The van der Waals surface area contributed by atoms with Gasteiger partial charge in [-0.05, 0) is 30.7 Å². The number of rotatable bonds is 5. The van der Waals surface area contributed by atoms with Gasteiger partial charge in [-0.3, -0.25) is 0 Å². The molecule has 1 heterocycles. The van der Waals surface area contributed by atoms with Crippen molar-refractivity contribution in [2.24, 2.45) is 0 Å². The van der Waals surface area contributed by atoms with Gasteiger partial charge < -0.3 is 5.32 Å². The van der Waals surface area contributed by atoms with Gasteiger partial charge in [0, 0.05) is 9.85 Å². The first-order chi connectivity index (χ1) is 8.29. The summed E-state index contributed by atoms with van der Waals surface area (Å²) in [5.74, 6) is 0. The van der Waals surface area contributed by atoms with E-state index < -0.39 is 0 Å². The first kappa shape index (κ1) is 12.7. The van der Waals surface area contributed by atoms with E-state index in [0.29, 0.717) is 6.04 Å². The predicted molar refractivity (Wildman–Crippen MR) is 76.4 cm³/mol. The molecule has 2 nitrogen and oxygen atoms in total. The average molecular weight is 311 g/mol. The maximum atomic E-state index is 4.40. The molecule has 0 aliphatic heterocycles. The maximum absolute atomic E-state index is 4.40. The number of nitrogens with zero attached hydrogens (tertiary/aromatic N) is 1. The zero-order valence-electron chi connectivity index (χ0n) is 9.69. The molecule has 0 saturated carbocycles. The molecule has 0 bridgehead atoms. The number of hydrogen-bond acceptors (Lipinski definition) is 3. The summed E-state index contributed by atoms with van der Waals surface area (Å²) in [7, 11) is 0. The Kier molecular flexibility index (Phi) is 4.71. The third-order valence-electron chi connectivity index (χ3n) is 2.61. The third kappa shape index (κ3) is 3.63. The van der Waals surface area contributed by atoms with Crippen molar-refractivity contribution in [2.75, 3.05) is 6.54 Å². The third-order valence-corrected chi connectivity index (χ3v) is 3.75. The van der Waals surface area contributed by atoms with Gasteiger partial charge in [0.25, 0.3) is 0 Å². The molecule has 1 N–H and O–H groups in total. The zero-order valence-corrected chi connectivity index (χ0v) is 12.1. The van der Waals surface area contributed by atoms with Crippen LogP contribution in [0.3, 0.4) is 0 Å². The fourth-order valence-corrected chi connectivity index (χ4v) is 2.65. The van der Waals surface area contributed by atoms with Gasteiger partial charge in [-0.1, -0.05) is 35.0 Å². The molecular formula is C13H15BrN2S. The highest BCUT2D eigenvalue weighted by Gasteiger charge is 2.12. The summed E-state index contributed by atoms with van der Waals surface area (Å²) in [6.45, 7) is 3.08. The molecule has 0 fully saturated rings. The monoisotopic (exact) mass is 310 g/mol. The average Bonchev–Trinajstić information content (AvgIpc) is 2.85. The molecule has 2 rings (SSSR count). The number of benzene rings is 1. The van der Waals surface area contributed by atoms with Crippen molar-refractivity contribution in [1.82, 2.24) is 10.3 Å². The largest absolute Gasteiger partial charge is 0.309 e. The predicted octanol–water partition coefficient (Wildman–Crippen LogP) is 3.80. The van der Waals surface area contributed by atoms with Crippen LogP contribution in [-0.2, 0) is 6.42 Å². The second kappa shape index (κ2) is 6.28. The van der Waals surface area contributed by atoms with E-state index in [1.165, 1.54) is 5.56 Å². The summed E-state index contributed by atoms with van der Waals surface area (Å²) in [4.78, 5) is 4.40. The van der Waals surface area contributed by atoms with Crippen LogP contribution in [0.15, 0.2) is 39.6 Å². The van der Waals surface area contributed by atoms with Crippen LogP contribution in [0, 0.1) is 0 Å². The van der Waals surface area contributed by atoms with E-state index in [1.54, 1.807) is 11.3 Å². The molecule has 0 spiro atoms. The summed E-state index contributed by atoms with van der Waals surface area (Å²) in [5, 5.41) is 5.60. The summed E-state index contributed by atoms with van der Waals surface area (Å²) in [5.41, 5.74) is 4.35. The van der Waals surface area contributed by atoms with Crippen LogP contribution in [0.4, 0.5) is 0 Å². The van der Waals surface area contributed by atoms with Crippen LogP contribution in [0.1, 0.15) is 24.2 Å². The highest BCUT2D eigenvalue weighted by atomic mass is 79.9. The van der Waals surface area contributed by atoms with Crippen LogP contribution >= 0.6 is 27.3 Å². The van der Waals surface area contributed by atoms with Crippen LogP contribution in [0.25, 0.3) is 0 Å². The Morgan fingerprint density at radius 1 is 1.35 bits per heavy atom. The highest BCUT2D eigenvalue weighted by Crippen LogP contribution is 2.19. The van der Waals surface area contributed by atoms with Gasteiger partial charge in [0.05, 0.1) is 17.2 Å². The van der Waals surface area contributed by atoms with Crippen LogP contribution in [-0.4, -0.2) is 11.5 Å². The van der Waals surface area contributed by atoms with E-state index in [-0.39, 0.29) is 0 Å². The molecule has 0 amide bonds. The molecule has 0 radical (unpaired) electrons.